The van der Waals surface area contributed by atoms with Gasteiger partial charge in [0.05, 0.1) is 5.69 Å². The molecule has 0 aliphatic carbocycles. The Morgan fingerprint density at radius 3 is 2.86 bits per heavy atom. The summed E-state index contributed by atoms with van der Waals surface area (Å²) in [6.07, 6.45) is 3.24. The van der Waals surface area contributed by atoms with Crippen LogP contribution >= 0.6 is 11.3 Å². The molecule has 2 aromatic rings. The number of likely N-dealkylation sites (N-methyl/N-ethyl adjacent to an activating group) is 1. The summed E-state index contributed by atoms with van der Waals surface area (Å²) in [5, 5.41) is 10.6. The summed E-state index contributed by atoms with van der Waals surface area (Å²) in [7, 11) is 1.85. The number of thiophene rings is 1. The largest absolute Gasteiger partial charge is 0.478 e. The molecule has 1 heterocycles. The fraction of sp³-hybridized carbons (Fsp3) is 0.188. The highest BCUT2D eigenvalue weighted by Gasteiger charge is 2.08. The third-order valence-corrected chi connectivity index (χ3v) is 4.01. The highest BCUT2D eigenvalue weighted by molar-refractivity contribution is 7.09. The molecule has 0 spiro atoms. The van der Waals surface area contributed by atoms with Gasteiger partial charge in [-0.2, -0.15) is 0 Å². The lowest BCUT2D eigenvalue weighted by molar-refractivity contribution is -0.131. The van der Waals surface area contributed by atoms with Crippen LogP contribution in [-0.4, -0.2) is 24.7 Å². The molecule has 1 aromatic heterocycles. The molecule has 0 aliphatic heterocycles. The van der Waals surface area contributed by atoms with Gasteiger partial charge >= 0.3 is 5.97 Å². The molecule has 0 atom stereocenters. The lowest BCUT2D eigenvalue weighted by Crippen LogP contribution is -2.21. The first kappa shape index (κ1) is 15.3. The normalized spacial score (nSPS) is 11.0. The molecule has 0 radical (unpaired) electrons. The number of carboxylic acids is 1. The highest BCUT2D eigenvalue weighted by atomic mass is 32.1. The minimum atomic E-state index is -1.05. The second-order valence-electron chi connectivity index (χ2n) is 4.63. The number of hydrogen-bond donors (Lipinski definition) is 1. The molecule has 2 rings (SSSR count). The molecule has 0 unspecified atom stereocenters. The predicted molar refractivity (Wildman–Crippen MR) is 84.4 cm³/mol. The van der Waals surface area contributed by atoms with Gasteiger partial charge in [0.25, 0.3) is 0 Å². The Balaban J connectivity index is 2.03. The Kier molecular flexibility index (Phi) is 5.11. The molecule has 1 N–H and O–H groups in total. The van der Waals surface area contributed by atoms with Crippen LogP contribution in [0.1, 0.15) is 10.4 Å². The van der Waals surface area contributed by atoms with Gasteiger partial charge in [0.1, 0.15) is 5.82 Å². The van der Waals surface area contributed by atoms with Gasteiger partial charge in [-0.15, -0.1) is 11.3 Å². The molecule has 0 amide bonds. The molecular weight excluding hydrogens is 289 g/mol. The van der Waals surface area contributed by atoms with Crippen LogP contribution in [-0.2, 0) is 11.2 Å². The van der Waals surface area contributed by atoms with E-state index in [0.717, 1.165) is 19.0 Å². The van der Waals surface area contributed by atoms with Crippen LogP contribution in [0.4, 0.5) is 10.1 Å². The first-order valence-corrected chi connectivity index (χ1v) is 7.38. The molecule has 0 fully saturated rings. The molecule has 5 heteroatoms. The Hall–Kier alpha value is -2.14. The molecule has 110 valence electrons. The maximum atomic E-state index is 14.1. The quantitative estimate of drug-likeness (QED) is 0.828. The van der Waals surface area contributed by atoms with Crippen molar-refractivity contribution >= 4 is 29.1 Å². The van der Waals surface area contributed by atoms with Crippen LogP contribution in [0.25, 0.3) is 6.08 Å². The summed E-state index contributed by atoms with van der Waals surface area (Å²) in [6, 6.07) is 8.79. The van der Waals surface area contributed by atoms with E-state index in [0.29, 0.717) is 11.3 Å². The molecule has 0 saturated heterocycles. The molecule has 0 bridgehead atoms. The second-order valence-corrected chi connectivity index (χ2v) is 5.67. The van der Waals surface area contributed by atoms with Gasteiger partial charge in [0, 0.05) is 24.5 Å². The fourth-order valence-electron chi connectivity index (χ4n) is 1.96. The third kappa shape index (κ3) is 4.43. The number of hydrogen-bond acceptors (Lipinski definition) is 3. The summed E-state index contributed by atoms with van der Waals surface area (Å²) in [4.78, 5) is 13.6. The molecule has 21 heavy (non-hydrogen) atoms. The second kappa shape index (κ2) is 7.04. The number of carboxylic acid groups (broad SMARTS) is 1. The van der Waals surface area contributed by atoms with E-state index in [4.69, 9.17) is 5.11 Å². The molecule has 1 aromatic carbocycles. The third-order valence-electron chi connectivity index (χ3n) is 3.08. The zero-order chi connectivity index (χ0) is 15.2. The van der Waals surface area contributed by atoms with Crippen molar-refractivity contribution in [3.8, 4) is 0 Å². The Labute approximate surface area is 127 Å². The molecular formula is C16H16FNO2S. The standard InChI is InChI=1S/C16H16FNO2S/c1-18(9-8-13-3-2-10-21-13)15-6-4-12(11-14(15)17)5-7-16(19)20/h2-7,10-11H,8-9H2,1H3,(H,19,20). The van der Waals surface area contributed by atoms with Gasteiger partial charge in [0.2, 0.25) is 0 Å². The van der Waals surface area contributed by atoms with Crippen molar-refractivity contribution < 1.29 is 14.3 Å². The van der Waals surface area contributed by atoms with E-state index in [1.807, 2.05) is 23.4 Å². The van der Waals surface area contributed by atoms with E-state index in [1.54, 1.807) is 23.5 Å². The number of halogens is 1. The van der Waals surface area contributed by atoms with Crippen LogP contribution in [0.15, 0.2) is 41.8 Å². The van der Waals surface area contributed by atoms with Gasteiger partial charge in [-0.05, 0) is 41.6 Å². The Morgan fingerprint density at radius 2 is 2.24 bits per heavy atom. The van der Waals surface area contributed by atoms with Crippen LogP contribution in [0.3, 0.4) is 0 Å². The lowest BCUT2D eigenvalue weighted by Gasteiger charge is -2.19. The zero-order valence-corrected chi connectivity index (χ0v) is 12.4. The maximum Gasteiger partial charge on any atom is 0.328 e. The fourth-order valence-corrected chi connectivity index (χ4v) is 2.66. The summed E-state index contributed by atoms with van der Waals surface area (Å²) < 4.78 is 14.1. The van der Waals surface area contributed by atoms with Gasteiger partial charge in [-0.3, -0.25) is 0 Å². The summed E-state index contributed by atoms with van der Waals surface area (Å²) in [5.41, 5.74) is 1.05. The van der Waals surface area contributed by atoms with Crippen molar-refractivity contribution in [3.63, 3.8) is 0 Å². The smallest absolute Gasteiger partial charge is 0.328 e. The molecule has 3 nitrogen and oxygen atoms in total. The van der Waals surface area contributed by atoms with Crippen molar-refractivity contribution in [2.75, 3.05) is 18.5 Å². The monoisotopic (exact) mass is 305 g/mol. The van der Waals surface area contributed by atoms with Gasteiger partial charge in [-0.1, -0.05) is 12.1 Å². The van der Waals surface area contributed by atoms with Crippen molar-refractivity contribution in [2.24, 2.45) is 0 Å². The average molecular weight is 305 g/mol. The maximum absolute atomic E-state index is 14.1. The lowest BCUT2D eigenvalue weighted by atomic mass is 10.1. The number of nitrogens with zero attached hydrogens (tertiary/aromatic N) is 1. The van der Waals surface area contributed by atoms with E-state index in [9.17, 15) is 9.18 Å². The predicted octanol–water partition coefficient (Wildman–Crippen LogP) is 3.66. The minimum Gasteiger partial charge on any atom is -0.478 e. The topological polar surface area (TPSA) is 40.5 Å². The van der Waals surface area contributed by atoms with E-state index < -0.39 is 5.97 Å². The minimum absolute atomic E-state index is 0.351. The summed E-state index contributed by atoms with van der Waals surface area (Å²) in [6.45, 7) is 0.724. The van der Waals surface area contributed by atoms with E-state index in [1.165, 1.54) is 17.0 Å². The summed E-state index contributed by atoms with van der Waals surface area (Å²) in [5.74, 6) is -1.40. The summed E-state index contributed by atoms with van der Waals surface area (Å²) >= 11 is 1.69. The van der Waals surface area contributed by atoms with E-state index in [2.05, 4.69) is 6.07 Å². The van der Waals surface area contributed by atoms with Crippen molar-refractivity contribution in [1.82, 2.24) is 0 Å². The van der Waals surface area contributed by atoms with Crippen molar-refractivity contribution in [2.45, 2.75) is 6.42 Å². The van der Waals surface area contributed by atoms with Crippen LogP contribution < -0.4 is 4.90 Å². The number of benzene rings is 1. The van der Waals surface area contributed by atoms with Crippen molar-refractivity contribution in [3.05, 3.63) is 58.0 Å². The van der Waals surface area contributed by atoms with E-state index in [-0.39, 0.29) is 5.82 Å². The number of anilines is 1. The first-order chi connectivity index (χ1) is 10.1. The zero-order valence-electron chi connectivity index (χ0n) is 11.6. The highest BCUT2D eigenvalue weighted by Crippen LogP contribution is 2.21. The van der Waals surface area contributed by atoms with Crippen LogP contribution in [0.5, 0.6) is 0 Å². The van der Waals surface area contributed by atoms with Gasteiger partial charge in [-0.25, -0.2) is 9.18 Å². The van der Waals surface area contributed by atoms with Gasteiger partial charge in [0.15, 0.2) is 0 Å². The molecule has 0 aliphatic rings. The SMILES string of the molecule is CN(CCc1cccs1)c1ccc(C=CC(=O)O)cc1F. The number of rotatable bonds is 6. The van der Waals surface area contributed by atoms with E-state index >= 15 is 0 Å². The van der Waals surface area contributed by atoms with Crippen LogP contribution in [0, 0.1) is 5.82 Å². The first-order valence-electron chi connectivity index (χ1n) is 6.50. The van der Waals surface area contributed by atoms with Gasteiger partial charge < -0.3 is 10.0 Å². The number of aliphatic carboxylic acids is 1. The number of carbonyl (C=O) groups is 1. The van der Waals surface area contributed by atoms with Crippen molar-refractivity contribution in [1.29, 1.82) is 0 Å². The Morgan fingerprint density at radius 1 is 1.43 bits per heavy atom. The Bertz CT molecular complexity index is 638. The molecule has 0 saturated carbocycles. The average Bonchev–Trinajstić information content (AvgIpc) is 2.96. The van der Waals surface area contributed by atoms with Crippen LogP contribution in [0.2, 0.25) is 0 Å².